The summed E-state index contributed by atoms with van der Waals surface area (Å²) in [6, 6.07) is 9.00. The second kappa shape index (κ2) is 7.74. The summed E-state index contributed by atoms with van der Waals surface area (Å²) in [5.74, 6) is -1.38. The molecular weight excluding hydrogens is 342 g/mol. The van der Waals surface area contributed by atoms with Gasteiger partial charge in [0.05, 0.1) is 5.56 Å². The Hall–Kier alpha value is -2.95. The number of aryl methyl sites for hydroxylation is 4. The molecule has 0 radical (unpaired) electrons. The molecule has 0 unspecified atom stereocenters. The van der Waals surface area contributed by atoms with E-state index in [1.165, 1.54) is 17.2 Å². The Balaban J connectivity index is 1.62. The predicted octanol–water partition coefficient (Wildman–Crippen LogP) is 4.09. The summed E-state index contributed by atoms with van der Waals surface area (Å²) >= 11 is 0. The summed E-state index contributed by atoms with van der Waals surface area (Å²) in [6.45, 7) is 3.53. The maximum absolute atomic E-state index is 12.4. The van der Waals surface area contributed by atoms with E-state index in [9.17, 15) is 19.5 Å². The number of amides is 1. The minimum atomic E-state index is -1.03. The molecule has 0 saturated heterocycles. The van der Waals surface area contributed by atoms with Gasteiger partial charge < -0.3 is 10.4 Å². The number of fused-ring (bicyclic) bond motifs is 1. The number of nitrogens with one attached hydrogen (secondary N) is 1. The third-order valence-corrected chi connectivity index (χ3v) is 5.08. The van der Waals surface area contributed by atoms with Crippen LogP contribution in [0.25, 0.3) is 0 Å². The molecule has 0 aliphatic heterocycles. The smallest absolute Gasteiger partial charge is 0.336 e. The number of benzene rings is 2. The molecule has 5 heteroatoms. The molecule has 0 bridgehead atoms. The summed E-state index contributed by atoms with van der Waals surface area (Å²) in [5, 5.41) is 12.0. The summed E-state index contributed by atoms with van der Waals surface area (Å²) < 4.78 is 0. The van der Waals surface area contributed by atoms with Crippen molar-refractivity contribution in [2.45, 2.75) is 46.0 Å². The van der Waals surface area contributed by atoms with E-state index in [1.54, 1.807) is 13.0 Å². The van der Waals surface area contributed by atoms with Crippen molar-refractivity contribution in [3.63, 3.8) is 0 Å². The molecule has 3 rings (SSSR count). The minimum absolute atomic E-state index is 0.0493. The number of aromatic carboxylic acids is 1. The van der Waals surface area contributed by atoms with Gasteiger partial charge in [-0.05, 0) is 67.5 Å². The molecule has 0 fully saturated rings. The number of hydrogen-bond acceptors (Lipinski definition) is 3. The molecule has 1 amide bonds. The number of hydrogen-bond donors (Lipinski definition) is 2. The van der Waals surface area contributed by atoms with Gasteiger partial charge >= 0.3 is 5.97 Å². The fourth-order valence-corrected chi connectivity index (χ4v) is 3.55. The maximum atomic E-state index is 12.4. The van der Waals surface area contributed by atoms with Crippen LogP contribution in [-0.2, 0) is 17.6 Å². The van der Waals surface area contributed by atoms with Gasteiger partial charge in [0.2, 0.25) is 5.91 Å². The van der Waals surface area contributed by atoms with Crippen molar-refractivity contribution in [2.75, 3.05) is 5.32 Å². The van der Waals surface area contributed by atoms with Crippen molar-refractivity contribution in [1.82, 2.24) is 0 Å². The molecule has 0 atom stereocenters. The van der Waals surface area contributed by atoms with E-state index in [4.69, 9.17) is 0 Å². The molecule has 2 N–H and O–H groups in total. The quantitative estimate of drug-likeness (QED) is 0.755. The number of ketones is 1. The largest absolute Gasteiger partial charge is 0.478 e. The lowest BCUT2D eigenvalue weighted by molar-refractivity contribution is -0.116. The Morgan fingerprint density at radius 3 is 2.44 bits per heavy atom. The van der Waals surface area contributed by atoms with Gasteiger partial charge in [0.25, 0.3) is 0 Å². The molecular formula is C22H23NO4. The van der Waals surface area contributed by atoms with E-state index in [0.717, 1.165) is 24.8 Å². The van der Waals surface area contributed by atoms with Crippen LogP contribution in [0.15, 0.2) is 30.3 Å². The van der Waals surface area contributed by atoms with Crippen LogP contribution < -0.4 is 5.32 Å². The molecule has 1 aliphatic carbocycles. The molecule has 0 heterocycles. The zero-order valence-electron chi connectivity index (χ0n) is 15.6. The van der Waals surface area contributed by atoms with Crippen molar-refractivity contribution < 1.29 is 19.5 Å². The first-order chi connectivity index (χ1) is 12.8. The van der Waals surface area contributed by atoms with Gasteiger partial charge in [0, 0.05) is 24.1 Å². The fourth-order valence-electron chi connectivity index (χ4n) is 3.55. The lowest BCUT2D eigenvalue weighted by atomic mass is 10.0. The molecule has 0 saturated carbocycles. The highest BCUT2D eigenvalue weighted by atomic mass is 16.4. The highest BCUT2D eigenvalue weighted by Crippen LogP contribution is 2.24. The van der Waals surface area contributed by atoms with Crippen LogP contribution in [-0.4, -0.2) is 22.8 Å². The van der Waals surface area contributed by atoms with Gasteiger partial charge in [-0.2, -0.15) is 0 Å². The van der Waals surface area contributed by atoms with Gasteiger partial charge in [-0.15, -0.1) is 0 Å². The topological polar surface area (TPSA) is 83.5 Å². The van der Waals surface area contributed by atoms with Gasteiger partial charge in [-0.1, -0.05) is 18.2 Å². The molecule has 2 aromatic rings. The number of carboxylic acids is 1. The standard InChI is InChI=1S/C22H23NO4/c1-13-10-14(2)19(12-18(13)22(26)27)23-21(25)9-8-20(24)17-7-6-15-4-3-5-16(15)11-17/h6-7,10-12H,3-5,8-9H2,1-2H3,(H,23,25)(H,26,27). The van der Waals surface area contributed by atoms with E-state index in [1.807, 2.05) is 25.1 Å². The number of carbonyl (C=O) groups is 3. The normalized spacial score (nSPS) is 12.5. The van der Waals surface area contributed by atoms with E-state index in [-0.39, 0.29) is 30.1 Å². The minimum Gasteiger partial charge on any atom is -0.478 e. The first kappa shape index (κ1) is 18.8. The van der Waals surface area contributed by atoms with Crippen molar-refractivity contribution in [2.24, 2.45) is 0 Å². The van der Waals surface area contributed by atoms with Crippen LogP contribution in [0.3, 0.4) is 0 Å². The number of Topliss-reactive ketones (excluding diaryl/α,β-unsaturated/α-hetero) is 1. The second-order valence-electron chi connectivity index (χ2n) is 7.10. The van der Waals surface area contributed by atoms with Gasteiger partial charge in [-0.25, -0.2) is 4.79 Å². The first-order valence-corrected chi connectivity index (χ1v) is 9.14. The molecule has 2 aromatic carbocycles. The zero-order chi connectivity index (χ0) is 19.6. The number of carboxylic acid groups (broad SMARTS) is 1. The average Bonchev–Trinajstić information content (AvgIpc) is 3.09. The lowest BCUT2D eigenvalue weighted by Crippen LogP contribution is -2.15. The van der Waals surface area contributed by atoms with Crippen LogP contribution in [0.2, 0.25) is 0 Å². The van der Waals surface area contributed by atoms with Gasteiger partial charge in [0.1, 0.15) is 0 Å². The van der Waals surface area contributed by atoms with Crippen molar-refractivity contribution in [3.05, 3.63) is 63.7 Å². The molecule has 0 spiro atoms. The Morgan fingerprint density at radius 2 is 1.70 bits per heavy atom. The van der Waals surface area contributed by atoms with Crippen LogP contribution in [0.1, 0.15) is 62.2 Å². The Morgan fingerprint density at radius 1 is 0.963 bits per heavy atom. The van der Waals surface area contributed by atoms with E-state index < -0.39 is 5.97 Å². The molecule has 0 aromatic heterocycles. The molecule has 5 nitrogen and oxygen atoms in total. The molecule has 1 aliphatic rings. The number of anilines is 1. The third-order valence-electron chi connectivity index (χ3n) is 5.08. The van der Waals surface area contributed by atoms with Gasteiger partial charge in [0.15, 0.2) is 5.78 Å². The highest BCUT2D eigenvalue weighted by molar-refractivity contribution is 6.01. The van der Waals surface area contributed by atoms with Crippen molar-refractivity contribution in [3.8, 4) is 0 Å². The number of rotatable bonds is 6. The summed E-state index contributed by atoms with van der Waals surface area (Å²) in [6.07, 6.45) is 3.40. The van der Waals surface area contributed by atoms with Crippen LogP contribution in [0.4, 0.5) is 5.69 Å². The molecule has 140 valence electrons. The van der Waals surface area contributed by atoms with E-state index in [2.05, 4.69) is 5.32 Å². The second-order valence-corrected chi connectivity index (χ2v) is 7.10. The first-order valence-electron chi connectivity index (χ1n) is 9.14. The zero-order valence-corrected chi connectivity index (χ0v) is 15.6. The summed E-state index contributed by atoms with van der Waals surface area (Å²) in [5.41, 5.74) is 5.26. The average molecular weight is 365 g/mol. The Kier molecular flexibility index (Phi) is 5.40. The van der Waals surface area contributed by atoms with Crippen LogP contribution in [0, 0.1) is 13.8 Å². The third kappa shape index (κ3) is 4.25. The maximum Gasteiger partial charge on any atom is 0.336 e. The van der Waals surface area contributed by atoms with Crippen LogP contribution >= 0.6 is 0 Å². The lowest BCUT2D eigenvalue weighted by Gasteiger charge is -2.11. The Bertz CT molecular complexity index is 930. The SMILES string of the molecule is Cc1cc(C)c(C(=O)O)cc1NC(=O)CCC(=O)c1ccc2c(c1)CCC2. The van der Waals surface area contributed by atoms with E-state index >= 15 is 0 Å². The fraction of sp³-hybridized carbons (Fsp3) is 0.318. The van der Waals surface area contributed by atoms with E-state index in [0.29, 0.717) is 16.8 Å². The number of carbonyl (C=O) groups excluding carboxylic acids is 2. The summed E-state index contributed by atoms with van der Waals surface area (Å²) in [7, 11) is 0. The predicted molar refractivity (Wildman–Crippen MR) is 104 cm³/mol. The summed E-state index contributed by atoms with van der Waals surface area (Å²) in [4.78, 5) is 35.9. The van der Waals surface area contributed by atoms with Crippen LogP contribution in [0.5, 0.6) is 0 Å². The molecule has 27 heavy (non-hydrogen) atoms. The van der Waals surface area contributed by atoms with Crippen molar-refractivity contribution in [1.29, 1.82) is 0 Å². The Labute approximate surface area is 158 Å². The van der Waals surface area contributed by atoms with Crippen molar-refractivity contribution >= 4 is 23.3 Å². The highest BCUT2D eigenvalue weighted by Gasteiger charge is 2.16. The monoisotopic (exact) mass is 365 g/mol. The van der Waals surface area contributed by atoms with Gasteiger partial charge in [-0.3, -0.25) is 9.59 Å².